The zero-order valence-corrected chi connectivity index (χ0v) is 23.2. The Kier molecular flexibility index (Phi) is 8.17. The van der Waals surface area contributed by atoms with E-state index >= 15 is 0 Å². The minimum Gasteiger partial charge on any atom is -0.480 e. The van der Waals surface area contributed by atoms with Crippen molar-refractivity contribution in [3.05, 3.63) is 0 Å². The average Bonchev–Trinajstić information content (AvgIpc) is 3.15. The first-order valence-corrected chi connectivity index (χ1v) is 14.7. The molecule has 0 aromatic heterocycles. The number of carboxylic acid groups (broad SMARTS) is 1. The first kappa shape index (κ1) is 27.9. The maximum absolute atomic E-state index is 12.6. The van der Waals surface area contributed by atoms with Crippen molar-refractivity contribution in [1.29, 1.82) is 0 Å². The van der Waals surface area contributed by atoms with Gasteiger partial charge in [-0.25, -0.2) is 4.79 Å². The first-order chi connectivity index (χ1) is 16.9. The van der Waals surface area contributed by atoms with Crippen molar-refractivity contribution in [1.82, 2.24) is 5.32 Å². The number of carboxylic acids is 1. The molecule has 4 rings (SSSR count). The largest absolute Gasteiger partial charge is 0.480 e. The van der Waals surface area contributed by atoms with Crippen molar-refractivity contribution in [2.24, 2.45) is 52.3 Å². The van der Waals surface area contributed by atoms with Crippen molar-refractivity contribution >= 4 is 11.9 Å². The van der Waals surface area contributed by atoms with Crippen LogP contribution in [0.3, 0.4) is 0 Å². The quantitative estimate of drug-likeness (QED) is 0.371. The fourth-order valence-corrected chi connectivity index (χ4v) is 9.77. The summed E-state index contributed by atoms with van der Waals surface area (Å²) in [6, 6.07) is -0.805. The van der Waals surface area contributed by atoms with E-state index in [9.17, 15) is 24.9 Å². The summed E-state index contributed by atoms with van der Waals surface area (Å²) in [5.74, 6) is 2.15. The van der Waals surface area contributed by atoms with Gasteiger partial charge in [0.05, 0.1) is 12.2 Å². The third-order valence-electron chi connectivity index (χ3n) is 11.6. The summed E-state index contributed by atoms with van der Waals surface area (Å²) in [7, 11) is 0. The molecule has 4 N–H and O–H groups in total. The van der Waals surface area contributed by atoms with Gasteiger partial charge in [0.25, 0.3) is 0 Å². The van der Waals surface area contributed by atoms with Gasteiger partial charge in [-0.05, 0) is 116 Å². The van der Waals surface area contributed by atoms with E-state index in [1.54, 1.807) is 0 Å². The highest BCUT2D eigenvalue weighted by molar-refractivity contribution is 5.83. The van der Waals surface area contributed by atoms with Crippen LogP contribution in [0, 0.1) is 52.3 Å². The number of rotatable bonds is 8. The Morgan fingerprint density at radius 3 is 2.25 bits per heavy atom. The molecule has 0 spiro atoms. The van der Waals surface area contributed by atoms with Crippen LogP contribution >= 0.6 is 0 Å². The molecule has 0 radical (unpaired) electrons. The molecule has 0 aliphatic heterocycles. The lowest BCUT2D eigenvalue weighted by atomic mass is 9.44. The number of hydrogen-bond donors (Lipinski definition) is 4. The lowest BCUT2D eigenvalue weighted by Gasteiger charge is -2.62. The molecule has 4 saturated carbocycles. The lowest BCUT2D eigenvalue weighted by Crippen LogP contribution is -2.58. The second kappa shape index (κ2) is 10.6. The number of aliphatic hydroxyl groups excluding tert-OH is 2. The minimum absolute atomic E-state index is 0.140. The van der Waals surface area contributed by atoms with Crippen LogP contribution in [0.25, 0.3) is 0 Å². The highest BCUT2D eigenvalue weighted by Gasteiger charge is 2.62. The van der Waals surface area contributed by atoms with Crippen LogP contribution in [-0.4, -0.2) is 45.4 Å². The summed E-state index contributed by atoms with van der Waals surface area (Å²) in [6.07, 6.45) is 9.44. The molecule has 0 heterocycles. The van der Waals surface area contributed by atoms with Gasteiger partial charge in [-0.15, -0.1) is 0 Å². The molecule has 0 bridgehead atoms. The number of aliphatic hydroxyl groups is 2. The second-order valence-electron chi connectivity index (χ2n) is 14.1. The van der Waals surface area contributed by atoms with Crippen molar-refractivity contribution in [2.75, 3.05) is 0 Å². The number of aliphatic carboxylic acids is 1. The van der Waals surface area contributed by atoms with Crippen LogP contribution in [-0.2, 0) is 9.59 Å². The van der Waals surface area contributed by atoms with Gasteiger partial charge >= 0.3 is 5.97 Å². The molecule has 36 heavy (non-hydrogen) atoms. The van der Waals surface area contributed by atoms with Gasteiger partial charge in [0.1, 0.15) is 6.04 Å². The Morgan fingerprint density at radius 1 is 0.917 bits per heavy atom. The zero-order chi connectivity index (χ0) is 26.4. The van der Waals surface area contributed by atoms with Crippen LogP contribution in [0.1, 0.15) is 105 Å². The highest BCUT2D eigenvalue weighted by Crippen LogP contribution is 2.68. The van der Waals surface area contributed by atoms with E-state index in [0.29, 0.717) is 42.4 Å². The van der Waals surface area contributed by atoms with Gasteiger partial charge in [0, 0.05) is 6.42 Å². The van der Waals surface area contributed by atoms with Crippen LogP contribution in [0.15, 0.2) is 0 Å². The number of carbonyl (C=O) groups is 2. The third-order valence-corrected chi connectivity index (χ3v) is 11.6. The van der Waals surface area contributed by atoms with Crippen LogP contribution in [0.4, 0.5) is 0 Å². The zero-order valence-electron chi connectivity index (χ0n) is 23.2. The summed E-state index contributed by atoms with van der Waals surface area (Å²) in [5, 5.41) is 33.7. The first-order valence-electron chi connectivity index (χ1n) is 14.7. The molecule has 0 saturated heterocycles. The molecule has 6 nitrogen and oxygen atoms in total. The number of nitrogens with one attached hydrogen (secondary N) is 1. The van der Waals surface area contributed by atoms with Crippen molar-refractivity contribution < 1.29 is 24.9 Å². The van der Waals surface area contributed by atoms with Gasteiger partial charge in [0.2, 0.25) is 5.91 Å². The smallest absolute Gasteiger partial charge is 0.326 e. The average molecular weight is 506 g/mol. The van der Waals surface area contributed by atoms with E-state index in [2.05, 4.69) is 26.1 Å². The van der Waals surface area contributed by atoms with E-state index < -0.39 is 12.0 Å². The van der Waals surface area contributed by atoms with Gasteiger partial charge in [-0.1, -0.05) is 34.6 Å². The standard InChI is InChI=1S/C30H51NO5/c1-17(2)14-25(28(35)36)31-27(34)9-6-18(3)21-7-8-22-20-16-26(33)24-15-19(32)10-12-30(24,5)23(20)11-13-29(21,22)4/h17-26,32-33H,6-16H2,1-5H3,(H,31,34)(H,35,36)/t18-,19-,20+,21-,22+,23+,24+,25+,26+,29-,30-/m1/s1. The summed E-state index contributed by atoms with van der Waals surface area (Å²) in [5.41, 5.74) is 0.386. The molecule has 6 heteroatoms. The maximum atomic E-state index is 12.6. The minimum atomic E-state index is -0.953. The summed E-state index contributed by atoms with van der Waals surface area (Å²) < 4.78 is 0. The lowest BCUT2D eigenvalue weighted by molar-refractivity contribution is -0.172. The number of amides is 1. The Bertz CT molecular complexity index is 815. The van der Waals surface area contributed by atoms with Crippen molar-refractivity contribution in [2.45, 2.75) is 123 Å². The van der Waals surface area contributed by atoms with Gasteiger partial charge in [0.15, 0.2) is 0 Å². The summed E-state index contributed by atoms with van der Waals surface area (Å²) >= 11 is 0. The molecule has 11 atom stereocenters. The molecule has 4 fully saturated rings. The molecule has 4 aliphatic rings. The van der Waals surface area contributed by atoms with E-state index in [1.807, 2.05) is 13.8 Å². The fraction of sp³-hybridized carbons (Fsp3) is 0.933. The normalized spacial score (nSPS) is 43.7. The van der Waals surface area contributed by atoms with Gasteiger partial charge in [-0.2, -0.15) is 0 Å². The van der Waals surface area contributed by atoms with E-state index in [-0.39, 0.29) is 40.8 Å². The van der Waals surface area contributed by atoms with Crippen LogP contribution in [0.2, 0.25) is 0 Å². The molecular weight excluding hydrogens is 454 g/mol. The Hall–Kier alpha value is -1.14. The third kappa shape index (κ3) is 5.10. The molecule has 206 valence electrons. The van der Waals surface area contributed by atoms with E-state index in [1.165, 1.54) is 25.7 Å². The Morgan fingerprint density at radius 2 is 1.58 bits per heavy atom. The number of hydrogen-bond acceptors (Lipinski definition) is 4. The SMILES string of the molecule is CC(C)C[C@H](NC(=O)CC[C@@H](C)[C@H]1CC[C@H]2[C@@H]3C[C@H](O)[C@@H]4C[C@H](O)CC[C@]4(C)[C@H]3CC[C@]12C)C(=O)O. The van der Waals surface area contributed by atoms with Gasteiger partial charge in [-0.3, -0.25) is 4.79 Å². The molecular formula is C30H51NO5. The van der Waals surface area contributed by atoms with Crippen molar-refractivity contribution in [3.8, 4) is 0 Å². The molecule has 0 unspecified atom stereocenters. The number of fused-ring (bicyclic) bond motifs is 5. The van der Waals surface area contributed by atoms with Crippen molar-refractivity contribution in [3.63, 3.8) is 0 Å². The predicted octanol–water partition coefficient (Wildman–Crippen LogP) is 5.01. The Balaban J connectivity index is 1.39. The molecule has 0 aromatic carbocycles. The van der Waals surface area contributed by atoms with E-state index in [0.717, 1.165) is 32.1 Å². The summed E-state index contributed by atoms with van der Waals surface area (Å²) in [6.45, 7) is 11.1. The van der Waals surface area contributed by atoms with E-state index in [4.69, 9.17) is 0 Å². The van der Waals surface area contributed by atoms with Gasteiger partial charge < -0.3 is 20.6 Å². The van der Waals surface area contributed by atoms with Crippen LogP contribution in [0.5, 0.6) is 0 Å². The maximum Gasteiger partial charge on any atom is 0.326 e. The molecule has 0 aromatic rings. The predicted molar refractivity (Wildman–Crippen MR) is 140 cm³/mol. The fourth-order valence-electron chi connectivity index (χ4n) is 9.77. The second-order valence-corrected chi connectivity index (χ2v) is 14.1. The Labute approximate surface area is 218 Å². The number of carbonyl (C=O) groups excluding carboxylic acids is 1. The highest BCUT2D eigenvalue weighted by atomic mass is 16.4. The topological polar surface area (TPSA) is 107 Å². The molecule has 1 amide bonds. The summed E-state index contributed by atoms with van der Waals surface area (Å²) in [4.78, 5) is 24.2. The molecule has 4 aliphatic carbocycles. The van der Waals surface area contributed by atoms with Crippen LogP contribution < -0.4 is 5.32 Å². The monoisotopic (exact) mass is 505 g/mol.